The van der Waals surface area contributed by atoms with Crippen LogP contribution in [0.3, 0.4) is 0 Å². The maximum Gasteiger partial charge on any atom is 0.135 e. The van der Waals surface area contributed by atoms with Crippen molar-refractivity contribution >= 4 is 44.6 Å². The Bertz CT molecular complexity index is 4450. The van der Waals surface area contributed by atoms with Gasteiger partial charge in [-0.3, -0.25) is 0 Å². The molecule has 0 unspecified atom stereocenters. The summed E-state index contributed by atoms with van der Waals surface area (Å²) in [6.07, 6.45) is 1.39. The normalized spacial score (nSPS) is 16.0. The third-order valence-corrected chi connectivity index (χ3v) is 17.3. The number of ether oxygens (including phenoxy) is 1. The van der Waals surface area contributed by atoms with Gasteiger partial charge in [0.15, 0.2) is 0 Å². The van der Waals surface area contributed by atoms with Gasteiger partial charge in [0.05, 0.1) is 4.11 Å². The van der Waals surface area contributed by atoms with Crippen molar-refractivity contribution in [1.29, 1.82) is 0 Å². The molecule has 0 saturated heterocycles. The van der Waals surface area contributed by atoms with E-state index in [1.54, 1.807) is 6.20 Å². The zero-order chi connectivity index (χ0) is 63.9. The van der Waals surface area contributed by atoms with Gasteiger partial charge >= 0.3 is 0 Å². The van der Waals surface area contributed by atoms with Gasteiger partial charge in [-0.15, -0.1) is 48.1 Å². The first kappa shape index (κ1) is 53.3. The molecule has 12 rings (SSSR count). The van der Waals surface area contributed by atoms with E-state index in [-0.39, 0.29) is 55.4 Å². The zero-order valence-corrected chi connectivity index (χ0v) is 54.7. The predicted molar refractivity (Wildman–Crippen MR) is 355 cm³/mol. The van der Waals surface area contributed by atoms with Crippen LogP contribution < -0.4 is 14.5 Å². The minimum atomic E-state index is -1.96. The number of rotatable bonds is 9. The smallest absolute Gasteiger partial charge is 0.135 e. The Kier molecular flexibility index (Phi) is 13.6. The van der Waals surface area contributed by atoms with Crippen molar-refractivity contribution in [3.05, 3.63) is 222 Å². The molecule has 2 aliphatic rings. The Balaban J connectivity index is 0.00000833. The summed E-state index contributed by atoms with van der Waals surface area (Å²) in [6, 6.07) is 58.7. The van der Waals surface area contributed by atoms with Crippen LogP contribution in [0.1, 0.15) is 164 Å². The van der Waals surface area contributed by atoms with Gasteiger partial charge in [-0.2, -0.15) is 12.1 Å². The minimum Gasteiger partial charge on any atom is -0.509 e. The molecule has 85 heavy (non-hydrogen) atoms. The topological polar surface area (TPSA) is 33.5 Å². The molecular weight excluding hydrogens is 1220 g/mol. The summed E-state index contributed by atoms with van der Waals surface area (Å²) in [5.41, 5.74) is 14.6. The molecule has 0 radical (unpaired) electrons. The van der Waals surface area contributed by atoms with Crippen molar-refractivity contribution in [3.8, 4) is 50.7 Å². The van der Waals surface area contributed by atoms with E-state index < -0.39 is 22.6 Å². The van der Waals surface area contributed by atoms with E-state index in [2.05, 4.69) is 245 Å². The molecule has 0 bridgehead atoms. The van der Waals surface area contributed by atoms with Gasteiger partial charge in [-0.05, 0) is 131 Å². The van der Waals surface area contributed by atoms with E-state index in [0.717, 1.165) is 90.8 Å². The summed E-state index contributed by atoms with van der Waals surface area (Å²) in [7, 11) is 0. The van der Waals surface area contributed by atoms with Crippen LogP contribution in [0.4, 0.5) is 22.7 Å². The SMILES string of the molecule is [2H]c1c([2H])c(-c2cnc(-n3c4[c-]c(Oc5[c-]c(N6[CH-]N(c7c(-c8ccc(C(C)(C)C)cc8)cccc7-c7cccc(C(C)(C)C)c7)c7ccccc76)ccc5)ccc4c4cc(C(C)(C)C)ccc43)cc2C([2H])([2H])C(C)(C)C)c2c(c1[2H])C(C)(C)CCC2(C)C.[Pt]. The fourth-order valence-electron chi connectivity index (χ4n) is 12.4. The summed E-state index contributed by atoms with van der Waals surface area (Å²) < 4.78 is 57.2. The zero-order valence-electron chi connectivity index (χ0n) is 57.4. The third kappa shape index (κ3) is 11.3. The molecule has 6 heteroatoms. The first-order chi connectivity index (χ1) is 41.7. The average molecular weight is 1300 g/mol. The van der Waals surface area contributed by atoms with Crippen LogP contribution in [-0.4, -0.2) is 9.55 Å². The van der Waals surface area contributed by atoms with Crippen molar-refractivity contribution in [2.45, 2.75) is 157 Å². The maximum absolute atomic E-state index is 10.1. The Morgan fingerprint density at radius 3 is 1.89 bits per heavy atom. The molecule has 1 aliphatic carbocycles. The van der Waals surface area contributed by atoms with Crippen LogP contribution in [0, 0.1) is 24.2 Å². The number of aromatic nitrogens is 2. The molecule has 0 fully saturated rings. The van der Waals surface area contributed by atoms with E-state index in [0.29, 0.717) is 39.5 Å². The summed E-state index contributed by atoms with van der Waals surface area (Å²) in [5, 5.41) is 1.92. The van der Waals surface area contributed by atoms with Crippen molar-refractivity contribution in [3.63, 3.8) is 0 Å². The van der Waals surface area contributed by atoms with Crippen LogP contribution in [-0.2, 0) is 54.5 Å². The minimum absolute atomic E-state index is 0. The summed E-state index contributed by atoms with van der Waals surface area (Å²) >= 11 is 0. The number of fused-ring (bicyclic) bond motifs is 5. The van der Waals surface area contributed by atoms with Crippen molar-refractivity contribution in [1.82, 2.24) is 9.55 Å². The number of pyridine rings is 1. The number of nitrogens with zero attached hydrogens (tertiary/aromatic N) is 4. The fraction of sp³-hybridized carbons (Fsp3) is 0.316. The van der Waals surface area contributed by atoms with Crippen LogP contribution in [0.25, 0.3) is 61.0 Å². The van der Waals surface area contributed by atoms with Crippen LogP contribution >= 0.6 is 0 Å². The van der Waals surface area contributed by atoms with Crippen molar-refractivity contribution in [2.75, 3.05) is 9.80 Å². The van der Waals surface area contributed by atoms with E-state index in [9.17, 15) is 6.85 Å². The van der Waals surface area contributed by atoms with E-state index >= 15 is 0 Å². The molecule has 438 valence electrons. The van der Waals surface area contributed by atoms with Gasteiger partial charge in [-0.25, -0.2) is 4.98 Å². The predicted octanol–water partition coefficient (Wildman–Crippen LogP) is 21.8. The molecule has 0 N–H and O–H groups in total. The fourth-order valence-corrected chi connectivity index (χ4v) is 12.4. The van der Waals surface area contributed by atoms with Crippen LogP contribution in [0.5, 0.6) is 11.5 Å². The molecule has 0 amide bonds. The van der Waals surface area contributed by atoms with Gasteiger partial charge in [-0.1, -0.05) is 225 Å². The summed E-state index contributed by atoms with van der Waals surface area (Å²) in [5.74, 6) is 1.44. The van der Waals surface area contributed by atoms with Gasteiger partial charge in [0.1, 0.15) is 5.82 Å². The molecule has 5 nitrogen and oxygen atoms in total. The monoisotopic (exact) mass is 1300 g/mol. The van der Waals surface area contributed by atoms with Gasteiger partial charge in [0.2, 0.25) is 0 Å². The Hall–Kier alpha value is -7.20. The molecular formula is C79H83N4OPt-3. The quantitative estimate of drug-likeness (QED) is 0.135. The Morgan fingerprint density at radius 2 is 1.20 bits per heavy atom. The Morgan fingerprint density at radius 1 is 0.576 bits per heavy atom. The second kappa shape index (κ2) is 21.6. The molecule has 2 aromatic heterocycles. The average Bonchev–Trinajstić information content (AvgIpc) is 0.957. The molecule has 8 aromatic carbocycles. The third-order valence-electron chi connectivity index (χ3n) is 17.3. The molecule has 1 aliphatic heterocycles. The first-order valence-electron chi connectivity index (χ1n) is 32.4. The van der Waals surface area contributed by atoms with Crippen molar-refractivity contribution in [2.24, 2.45) is 5.41 Å². The van der Waals surface area contributed by atoms with Crippen molar-refractivity contribution < 1.29 is 32.7 Å². The summed E-state index contributed by atoms with van der Waals surface area (Å²) in [4.78, 5) is 9.78. The number of para-hydroxylation sites is 3. The number of anilines is 4. The van der Waals surface area contributed by atoms with Crippen LogP contribution in [0.2, 0.25) is 0 Å². The van der Waals surface area contributed by atoms with Gasteiger partial charge in [0.25, 0.3) is 0 Å². The van der Waals surface area contributed by atoms with Crippen LogP contribution in [0.15, 0.2) is 170 Å². The van der Waals surface area contributed by atoms with E-state index in [1.165, 1.54) is 11.1 Å². The number of benzene rings is 8. The molecule has 0 atom stereocenters. The number of hydrogen-bond acceptors (Lipinski definition) is 4. The van der Waals surface area contributed by atoms with Gasteiger partial charge in [0, 0.05) is 80.8 Å². The van der Waals surface area contributed by atoms with E-state index in [1.807, 2.05) is 45.0 Å². The van der Waals surface area contributed by atoms with Gasteiger partial charge < -0.3 is 19.1 Å². The Labute approximate surface area is 528 Å². The second-order valence-electron chi connectivity index (χ2n) is 28.8. The van der Waals surface area contributed by atoms with E-state index in [4.69, 9.17) is 9.72 Å². The number of hydrogen-bond donors (Lipinski definition) is 0. The first-order valence-corrected chi connectivity index (χ1v) is 29.9. The molecule has 0 spiro atoms. The largest absolute Gasteiger partial charge is 0.509 e. The molecule has 3 heterocycles. The maximum atomic E-state index is 10.1. The standard InChI is InChI=1S/C79H83N4O.Pt/c1-74(2,3)48-53-44-71(80-49-65(53)63-29-22-30-66-72(63)79(15,16)42-41-78(66,13)14)83-67-40-37-56(77(10,11)12)45-64(67)62-39-38-59(47-70(62)83)84-58-26-20-25-57(46-58)81-50-82(69-32-18-17-31-68(69)81)73-60(51-33-35-54(36-34-51)75(4,5)6)27-21-28-61(73)52-23-19-24-55(43-52)76(7,8)9;/h17-40,43-45,49-50H,41-42,48H2,1-16H3;/q-3;/i22D,29D,30D,48D2;. The summed E-state index contributed by atoms with van der Waals surface area (Å²) in [6.45, 7) is 36.6. The molecule has 10 aromatic rings. The second-order valence-corrected chi connectivity index (χ2v) is 28.8. The molecule has 0 saturated carbocycles.